The minimum Gasteiger partial charge on any atom is -1.00 e. The number of hydrogen-bond acceptors (Lipinski definition) is 6. The average Bonchev–Trinajstić information content (AvgIpc) is 2.71. The molecular weight excluding hydrogens is 438 g/mol. The molecule has 0 spiro atoms. The molecule has 0 saturated heterocycles. The first-order chi connectivity index (χ1) is 14.6. The second-order valence-corrected chi connectivity index (χ2v) is 11.4. The smallest absolute Gasteiger partial charge is 1.00 e. The van der Waals surface area contributed by atoms with Crippen LogP contribution in [0.4, 0.5) is 0 Å². The summed E-state index contributed by atoms with van der Waals surface area (Å²) in [6.45, 7) is 11.9. The number of ether oxygens (including phenoxy) is 1. The van der Waals surface area contributed by atoms with Crippen molar-refractivity contribution in [2.24, 2.45) is 57.2 Å². The first kappa shape index (κ1) is 33.9. The molecule has 4 bridgehead atoms. The van der Waals surface area contributed by atoms with Gasteiger partial charge in [0.1, 0.15) is 7.11 Å². The van der Waals surface area contributed by atoms with Crippen LogP contribution in [0.5, 0.6) is 0 Å². The molecule has 7 atom stereocenters. The number of fused-ring (bicyclic) bond motifs is 4. The molecule has 6 aliphatic carbocycles. The second kappa shape index (κ2) is 13.5. The number of nitrogens with zero attached hydrogens (tertiary/aromatic N) is 1. The molecule has 0 heterocycles. The molecule has 0 unspecified atom stereocenters. The predicted molar refractivity (Wildman–Crippen MR) is 136 cm³/mol. The Balaban J connectivity index is 0. The maximum Gasteiger partial charge on any atom is 1.00 e. The van der Waals surface area contributed by atoms with Gasteiger partial charge in [0.15, 0.2) is 0 Å². The van der Waals surface area contributed by atoms with E-state index in [0.717, 1.165) is 24.5 Å². The van der Waals surface area contributed by atoms with E-state index in [4.69, 9.17) is 20.4 Å². The maximum atomic E-state index is 11.6. The normalized spacial score (nSPS) is 36.5. The van der Waals surface area contributed by atoms with Crippen molar-refractivity contribution >= 4 is 20.1 Å². The fourth-order valence-electron chi connectivity index (χ4n) is 6.96. The van der Waals surface area contributed by atoms with E-state index in [9.17, 15) is 4.79 Å². The third-order valence-electron chi connectivity index (χ3n) is 9.37. The molecule has 0 aromatic carbocycles. The van der Waals surface area contributed by atoms with Crippen LogP contribution in [0, 0.1) is 46.3 Å². The molecule has 191 valence electrons. The SMILES string of the molecule is C.CC1(C)[C@H]2C[C@H](CCO)[C@@H](N)[C@@H]1C2.CCOC(=O)C[C@H]1C[C@H]2C[C@@H](/C1=N/OC)C2(C)C.[B].[H-].[Na+]. The molecule has 6 nitrogen and oxygen atoms in total. The molecule has 3 radical (unpaired) electrons. The van der Waals surface area contributed by atoms with Gasteiger partial charge in [-0.05, 0) is 73.5 Å². The third-order valence-corrected chi connectivity index (χ3v) is 9.37. The zero-order chi connectivity index (χ0) is 23.0. The van der Waals surface area contributed by atoms with E-state index in [1.54, 1.807) is 7.11 Å². The van der Waals surface area contributed by atoms with Crippen LogP contribution in [0.25, 0.3) is 0 Å². The molecule has 6 saturated carbocycles. The monoisotopic (exact) mass is 487 g/mol. The van der Waals surface area contributed by atoms with E-state index < -0.39 is 0 Å². The Bertz CT molecular complexity index is 694. The number of hydrogen-bond donors (Lipinski definition) is 2. The molecule has 0 amide bonds. The average molecular weight is 487 g/mol. The van der Waals surface area contributed by atoms with Gasteiger partial charge in [0, 0.05) is 32.9 Å². The van der Waals surface area contributed by atoms with E-state index in [2.05, 4.69) is 32.9 Å². The maximum absolute atomic E-state index is 11.6. The van der Waals surface area contributed by atoms with E-state index in [1.165, 1.54) is 19.3 Å². The van der Waals surface area contributed by atoms with Gasteiger partial charge in [0.25, 0.3) is 0 Å². The van der Waals surface area contributed by atoms with Gasteiger partial charge in [0.05, 0.1) is 18.7 Å². The first-order valence-electron chi connectivity index (χ1n) is 12.2. The van der Waals surface area contributed by atoms with Gasteiger partial charge in [-0.3, -0.25) is 4.79 Å². The number of aliphatic hydroxyl groups is 1. The van der Waals surface area contributed by atoms with Crippen molar-refractivity contribution in [3.63, 3.8) is 0 Å². The Morgan fingerprint density at radius 3 is 2.24 bits per heavy atom. The van der Waals surface area contributed by atoms with Crippen LogP contribution in [0.2, 0.25) is 0 Å². The topological polar surface area (TPSA) is 94.1 Å². The summed E-state index contributed by atoms with van der Waals surface area (Å²) >= 11 is 0. The molecule has 0 aromatic heterocycles. The van der Waals surface area contributed by atoms with Gasteiger partial charge in [-0.1, -0.05) is 40.3 Å². The number of carbonyl (C=O) groups excluding carboxylic acids is 1. The zero-order valence-electron chi connectivity index (χ0n) is 23.0. The van der Waals surface area contributed by atoms with Crippen molar-refractivity contribution in [1.29, 1.82) is 0 Å². The Morgan fingerprint density at radius 2 is 1.76 bits per heavy atom. The fourth-order valence-corrected chi connectivity index (χ4v) is 6.96. The van der Waals surface area contributed by atoms with Crippen molar-refractivity contribution in [2.45, 2.75) is 86.6 Å². The van der Waals surface area contributed by atoms with Gasteiger partial charge in [-0.25, -0.2) is 0 Å². The molecule has 0 aromatic rings. The summed E-state index contributed by atoms with van der Waals surface area (Å²) in [5, 5.41) is 13.1. The van der Waals surface area contributed by atoms with E-state index in [-0.39, 0.29) is 58.7 Å². The zero-order valence-corrected chi connectivity index (χ0v) is 24.0. The molecule has 6 aliphatic rings. The van der Waals surface area contributed by atoms with Crippen molar-refractivity contribution in [3.05, 3.63) is 0 Å². The second-order valence-electron chi connectivity index (χ2n) is 11.4. The number of nitrogens with two attached hydrogens (primary N) is 1. The molecule has 34 heavy (non-hydrogen) atoms. The van der Waals surface area contributed by atoms with Gasteiger partial charge in [0.2, 0.25) is 0 Å². The summed E-state index contributed by atoms with van der Waals surface area (Å²) in [7, 11) is 1.58. The summed E-state index contributed by atoms with van der Waals surface area (Å²) in [6, 6.07) is 0.340. The van der Waals surface area contributed by atoms with Crippen LogP contribution < -0.4 is 35.3 Å². The molecule has 3 N–H and O–H groups in total. The third kappa shape index (κ3) is 6.43. The summed E-state index contributed by atoms with van der Waals surface area (Å²) in [5.41, 5.74) is 8.06. The first-order valence-corrected chi connectivity index (χ1v) is 12.2. The number of aliphatic hydroxyl groups excluding tert-OH is 1. The Hall–Kier alpha value is -0.0751. The summed E-state index contributed by atoms with van der Waals surface area (Å²) in [6.07, 6.45) is 6.14. The van der Waals surface area contributed by atoms with E-state index in [0.29, 0.717) is 60.2 Å². The number of rotatable bonds is 6. The Kier molecular flexibility index (Phi) is 13.4. The van der Waals surface area contributed by atoms with Crippen LogP contribution >= 0.6 is 0 Å². The van der Waals surface area contributed by atoms with Crippen molar-refractivity contribution in [2.75, 3.05) is 20.3 Å². The number of carbonyl (C=O) groups is 1. The van der Waals surface area contributed by atoms with Crippen LogP contribution in [0.1, 0.15) is 82.0 Å². The van der Waals surface area contributed by atoms with Crippen LogP contribution in [-0.2, 0) is 14.4 Å². The van der Waals surface area contributed by atoms with Gasteiger partial charge >= 0.3 is 35.5 Å². The van der Waals surface area contributed by atoms with Crippen LogP contribution in [0.15, 0.2) is 5.16 Å². The quantitative estimate of drug-likeness (QED) is 0.336. The summed E-state index contributed by atoms with van der Waals surface area (Å²) < 4.78 is 5.04. The Labute approximate surface area is 233 Å². The predicted octanol–water partition coefficient (Wildman–Crippen LogP) is 1.37. The molecule has 0 aliphatic heterocycles. The van der Waals surface area contributed by atoms with Crippen molar-refractivity contribution in [1.82, 2.24) is 0 Å². The molecule has 8 heteroatoms. The van der Waals surface area contributed by atoms with Crippen molar-refractivity contribution < 1.29 is 50.5 Å². The number of oxime groups is 1. The van der Waals surface area contributed by atoms with Crippen molar-refractivity contribution in [3.8, 4) is 0 Å². The fraction of sp³-hybridized carbons (Fsp3) is 0.923. The summed E-state index contributed by atoms with van der Waals surface area (Å²) in [4.78, 5) is 16.6. The summed E-state index contributed by atoms with van der Waals surface area (Å²) in [5.74, 6) is 3.43. The van der Waals surface area contributed by atoms with Crippen LogP contribution in [-0.4, -0.2) is 51.6 Å². The standard InChI is InChI=1S/C14H23NO3.C11H21NO.CH4.B.Na.H/c1-5-18-12(16)7-9-6-10-8-11(14(10,2)3)13(9)15-17-4;1-11(2)8-5-7(3-4-13)10(12)9(11)6-8;;;;/h9-11H,5-8H2,1-4H3;7-10,13H,3-6,12H2,1-2H3;1H4;;;/q;;;;+1;-1/b15-13+;;;;;/t9-,10+,11+;7-,8-,9-,10+;;;;/m10..../s1. The molecule has 6 fully saturated rings. The van der Waals surface area contributed by atoms with Gasteiger partial charge in [-0.2, -0.15) is 0 Å². The molecular formula is C26H49BN2NaO4. The minimum atomic E-state index is -0.120. The number of esters is 1. The van der Waals surface area contributed by atoms with E-state index >= 15 is 0 Å². The van der Waals surface area contributed by atoms with Gasteiger partial charge in [-0.15, -0.1) is 0 Å². The van der Waals surface area contributed by atoms with Gasteiger partial charge < -0.3 is 21.8 Å². The van der Waals surface area contributed by atoms with E-state index in [1.807, 2.05) is 6.92 Å². The molecule has 6 rings (SSSR count). The minimum absolute atomic E-state index is 0. The Morgan fingerprint density at radius 1 is 1.15 bits per heavy atom. The van der Waals surface area contributed by atoms with Crippen LogP contribution in [0.3, 0.4) is 0 Å². The largest absolute Gasteiger partial charge is 1.00 e.